The standard InChI is InChI=1S/C15H17NO4S/c1-12(11-17)21(18,19)16-14-9-5-6-10-15(14)20-13-7-3-2-4-8-13/h2-10,12,16-17H,11H2,1H3. The van der Waals surface area contributed by atoms with Crippen molar-refractivity contribution in [3.63, 3.8) is 0 Å². The second-order valence-electron chi connectivity index (χ2n) is 4.55. The van der Waals surface area contributed by atoms with Crippen molar-refractivity contribution in [3.05, 3.63) is 54.6 Å². The van der Waals surface area contributed by atoms with Crippen LogP contribution >= 0.6 is 0 Å². The molecule has 0 fully saturated rings. The zero-order valence-electron chi connectivity index (χ0n) is 11.6. The predicted molar refractivity (Wildman–Crippen MR) is 82.0 cm³/mol. The lowest BCUT2D eigenvalue weighted by Crippen LogP contribution is -2.28. The van der Waals surface area contributed by atoms with Crippen LogP contribution in [-0.4, -0.2) is 25.4 Å². The first-order valence-corrected chi connectivity index (χ1v) is 8.02. The van der Waals surface area contributed by atoms with Gasteiger partial charge in [0.05, 0.1) is 12.3 Å². The number of hydrogen-bond acceptors (Lipinski definition) is 4. The molecule has 2 N–H and O–H groups in total. The minimum Gasteiger partial charge on any atom is -0.455 e. The molecule has 2 aromatic rings. The van der Waals surface area contributed by atoms with E-state index in [0.717, 1.165) is 0 Å². The smallest absolute Gasteiger partial charge is 0.237 e. The Morgan fingerprint density at radius 3 is 2.38 bits per heavy atom. The van der Waals surface area contributed by atoms with Gasteiger partial charge in [0.2, 0.25) is 10.0 Å². The van der Waals surface area contributed by atoms with Crippen LogP contribution in [0.2, 0.25) is 0 Å². The van der Waals surface area contributed by atoms with E-state index in [1.807, 2.05) is 18.2 Å². The Morgan fingerprint density at radius 1 is 1.10 bits per heavy atom. The molecule has 0 aliphatic carbocycles. The maximum Gasteiger partial charge on any atom is 0.237 e. The van der Waals surface area contributed by atoms with E-state index < -0.39 is 21.9 Å². The number of benzene rings is 2. The normalized spacial score (nSPS) is 12.7. The Bertz CT molecular complexity index is 686. The Morgan fingerprint density at radius 2 is 1.71 bits per heavy atom. The summed E-state index contributed by atoms with van der Waals surface area (Å²) in [4.78, 5) is 0. The fraction of sp³-hybridized carbons (Fsp3) is 0.200. The van der Waals surface area contributed by atoms with Crippen molar-refractivity contribution in [1.29, 1.82) is 0 Å². The third kappa shape index (κ3) is 3.96. The number of rotatable bonds is 6. The van der Waals surface area contributed by atoms with Crippen molar-refractivity contribution in [3.8, 4) is 11.5 Å². The lowest BCUT2D eigenvalue weighted by Gasteiger charge is -2.15. The van der Waals surface area contributed by atoms with Crippen molar-refractivity contribution in [2.24, 2.45) is 0 Å². The van der Waals surface area contributed by atoms with Crippen LogP contribution in [0.1, 0.15) is 6.92 Å². The van der Waals surface area contributed by atoms with Crippen LogP contribution in [0.5, 0.6) is 11.5 Å². The number of aliphatic hydroxyl groups is 1. The highest BCUT2D eigenvalue weighted by molar-refractivity contribution is 7.93. The molecular formula is C15H17NO4S. The molecule has 1 unspecified atom stereocenters. The van der Waals surface area contributed by atoms with Crippen LogP contribution in [0.3, 0.4) is 0 Å². The summed E-state index contributed by atoms with van der Waals surface area (Å²) in [5.41, 5.74) is 0.335. The summed E-state index contributed by atoms with van der Waals surface area (Å²) in [6, 6.07) is 15.8. The zero-order chi connectivity index (χ0) is 15.3. The molecule has 0 amide bonds. The molecule has 2 rings (SSSR count). The van der Waals surface area contributed by atoms with Crippen molar-refractivity contribution < 1.29 is 18.3 Å². The van der Waals surface area contributed by atoms with Crippen LogP contribution in [0.4, 0.5) is 5.69 Å². The third-order valence-electron chi connectivity index (χ3n) is 2.90. The van der Waals surface area contributed by atoms with Crippen LogP contribution in [0.15, 0.2) is 54.6 Å². The number of aliphatic hydroxyl groups excluding tert-OH is 1. The Hall–Kier alpha value is -2.05. The molecule has 21 heavy (non-hydrogen) atoms. The Kier molecular flexibility index (Phi) is 4.82. The van der Waals surface area contributed by atoms with E-state index in [2.05, 4.69) is 4.72 Å². The van der Waals surface area contributed by atoms with Gasteiger partial charge in [-0.3, -0.25) is 4.72 Å². The molecule has 0 bridgehead atoms. The van der Waals surface area contributed by atoms with Gasteiger partial charge in [-0.25, -0.2) is 8.42 Å². The summed E-state index contributed by atoms with van der Waals surface area (Å²) in [5.74, 6) is 1.01. The Balaban J connectivity index is 2.26. The van der Waals surface area contributed by atoms with Crippen molar-refractivity contribution >= 4 is 15.7 Å². The van der Waals surface area contributed by atoms with Gasteiger partial charge >= 0.3 is 0 Å². The number of para-hydroxylation sites is 3. The maximum atomic E-state index is 12.0. The largest absolute Gasteiger partial charge is 0.455 e. The summed E-state index contributed by atoms with van der Waals surface area (Å²) < 4.78 is 32.1. The highest BCUT2D eigenvalue weighted by Crippen LogP contribution is 2.30. The summed E-state index contributed by atoms with van der Waals surface area (Å²) >= 11 is 0. The topological polar surface area (TPSA) is 75.6 Å². The predicted octanol–water partition coefficient (Wildman–Crippen LogP) is 2.60. The van der Waals surface area contributed by atoms with Gasteiger partial charge in [-0.15, -0.1) is 0 Å². The summed E-state index contributed by atoms with van der Waals surface area (Å²) in [7, 11) is -3.66. The molecule has 0 saturated heterocycles. The quantitative estimate of drug-likeness (QED) is 0.860. The van der Waals surface area contributed by atoms with Crippen molar-refractivity contribution in [1.82, 2.24) is 0 Å². The lowest BCUT2D eigenvalue weighted by atomic mass is 10.3. The van der Waals surface area contributed by atoms with Crippen LogP contribution < -0.4 is 9.46 Å². The molecule has 6 heteroatoms. The first kappa shape index (κ1) is 15.3. The van der Waals surface area contributed by atoms with E-state index in [9.17, 15) is 8.42 Å². The average Bonchev–Trinajstić information content (AvgIpc) is 2.49. The zero-order valence-corrected chi connectivity index (χ0v) is 12.4. The first-order chi connectivity index (χ1) is 10.0. The van der Waals surface area contributed by atoms with Gasteiger partial charge in [0.1, 0.15) is 11.0 Å². The van der Waals surface area contributed by atoms with Gasteiger partial charge < -0.3 is 9.84 Å². The average molecular weight is 307 g/mol. The van der Waals surface area contributed by atoms with E-state index >= 15 is 0 Å². The van der Waals surface area contributed by atoms with E-state index in [0.29, 0.717) is 17.2 Å². The molecule has 0 aromatic heterocycles. The molecule has 0 aliphatic rings. The van der Waals surface area contributed by atoms with Gasteiger partial charge in [0.15, 0.2) is 5.75 Å². The monoisotopic (exact) mass is 307 g/mol. The number of ether oxygens (including phenoxy) is 1. The second kappa shape index (κ2) is 6.60. The maximum absolute atomic E-state index is 12.0. The van der Waals surface area contributed by atoms with Gasteiger partial charge in [0.25, 0.3) is 0 Å². The van der Waals surface area contributed by atoms with E-state index in [-0.39, 0.29) is 0 Å². The molecule has 2 aromatic carbocycles. The first-order valence-electron chi connectivity index (χ1n) is 6.47. The SMILES string of the molecule is CC(CO)S(=O)(=O)Nc1ccccc1Oc1ccccc1. The molecule has 0 aliphatic heterocycles. The molecule has 0 radical (unpaired) electrons. The number of hydrogen-bond donors (Lipinski definition) is 2. The van der Waals surface area contributed by atoms with Crippen LogP contribution in [0.25, 0.3) is 0 Å². The number of anilines is 1. The summed E-state index contributed by atoms with van der Waals surface area (Å²) in [6.07, 6.45) is 0. The molecule has 1 atom stereocenters. The van der Waals surface area contributed by atoms with Crippen LogP contribution in [0, 0.1) is 0 Å². The van der Waals surface area contributed by atoms with E-state index in [4.69, 9.17) is 9.84 Å². The van der Waals surface area contributed by atoms with E-state index in [1.54, 1.807) is 36.4 Å². The summed E-state index contributed by atoms with van der Waals surface area (Å²) in [6.45, 7) is 0.986. The second-order valence-corrected chi connectivity index (χ2v) is 6.65. The lowest BCUT2D eigenvalue weighted by molar-refractivity contribution is 0.296. The molecule has 0 heterocycles. The Labute approximate surface area is 124 Å². The third-order valence-corrected chi connectivity index (χ3v) is 4.61. The minimum absolute atomic E-state index is 0.335. The highest BCUT2D eigenvalue weighted by Gasteiger charge is 2.21. The van der Waals surface area contributed by atoms with Gasteiger partial charge in [0, 0.05) is 0 Å². The summed E-state index contributed by atoms with van der Waals surface area (Å²) in [5, 5.41) is 8.10. The molecule has 5 nitrogen and oxygen atoms in total. The van der Waals surface area contributed by atoms with E-state index in [1.165, 1.54) is 6.92 Å². The highest BCUT2D eigenvalue weighted by atomic mass is 32.2. The van der Waals surface area contributed by atoms with Crippen molar-refractivity contribution in [2.45, 2.75) is 12.2 Å². The number of nitrogens with one attached hydrogen (secondary N) is 1. The van der Waals surface area contributed by atoms with Gasteiger partial charge in [-0.2, -0.15) is 0 Å². The number of sulfonamides is 1. The molecular weight excluding hydrogens is 290 g/mol. The fourth-order valence-corrected chi connectivity index (χ4v) is 2.48. The fourth-order valence-electron chi connectivity index (χ4n) is 1.61. The van der Waals surface area contributed by atoms with Crippen LogP contribution in [-0.2, 0) is 10.0 Å². The van der Waals surface area contributed by atoms with Crippen molar-refractivity contribution in [2.75, 3.05) is 11.3 Å². The molecule has 112 valence electrons. The van der Waals surface area contributed by atoms with Gasteiger partial charge in [-0.1, -0.05) is 30.3 Å². The molecule has 0 spiro atoms. The molecule has 0 saturated carbocycles. The van der Waals surface area contributed by atoms with Gasteiger partial charge in [-0.05, 0) is 31.2 Å². The minimum atomic E-state index is -3.66.